The van der Waals surface area contributed by atoms with E-state index in [0.717, 1.165) is 0 Å². The molecule has 2 nitrogen and oxygen atoms in total. The Balaban J connectivity index is 0.000001000. The van der Waals surface area contributed by atoms with E-state index >= 15 is 0 Å². The van der Waals surface area contributed by atoms with E-state index in [-0.39, 0.29) is 29.6 Å². The average molecular weight is 164 g/mol. The minimum absolute atomic E-state index is 0. The van der Waals surface area contributed by atoms with Crippen LogP contribution in [-0.4, -0.2) is 49.6 Å². The first-order valence-corrected chi connectivity index (χ1v) is 3.92. The fourth-order valence-electron chi connectivity index (χ4n) is 1.40. The van der Waals surface area contributed by atoms with Gasteiger partial charge in [0.25, 0.3) is 0 Å². The second-order valence-electron chi connectivity index (χ2n) is 3.14. The predicted molar refractivity (Wildman–Crippen MR) is 43.9 cm³/mol. The summed E-state index contributed by atoms with van der Waals surface area (Å²) in [6.07, 6.45) is 2.27. The van der Waals surface area contributed by atoms with Crippen LogP contribution >= 0.6 is 0 Å². The first-order valence-electron chi connectivity index (χ1n) is 3.92. The van der Waals surface area contributed by atoms with E-state index in [1.54, 1.807) is 0 Å². The van der Waals surface area contributed by atoms with Gasteiger partial charge in [-0.2, -0.15) is 6.92 Å². The molecule has 0 bridgehead atoms. The van der Waals surface area contributed by atoms with Crippen LogP contribution in [0.3, 0.4) is 0 Å². The molecule has 1 atom stereocenters. The van der Waals surface area contributed by atoms with Gasteiger partial charge in [0.2, 0.25) is 0 Å². The van der Waals surface area contributed by atoms with Crippen molar-refractivity contribution in [1.82, 2.24) is 9.80 Å². The van der Waals surface area contributed by atoms with Gasteiger partial charge in [-0.15, -0.1) is 6.04 Å². The molecular weight excluding hydrogens is 147 g/mol. The molecule has 1 aliphatic heterocycles. The van der Waals surface area contributed by atoms with Crippen molar-refractivity contribution < 1.29 is 29.6 Å². The van der Waals surface area contributed by atoms with Crippen molar-refractivity contribution in [2.45, 2.75) is 13.0 Å². The average Bonchev–Trinajstić information content (AvgIpc) is 1.94. The Morgan fingerprint density at radius 1 is 1.27 bits per heavy atom. The van der Waals surface area contributed by atoms with Crippen LogP contribution in [-0.2, 0) is 0 Å². The smallest absolute Gasteiger partial charge is 0.330 e. The molecule has 1 aliphatic rings. The van der Waals surface area contributed by atoms with Gasteiger partial charge in [-0.3, -0.25) is 0 Å². The van der Waals surface area contributed by atoms with E-state index in [4.69, 9.17) is 0 Å². The van der Waals surface area contributed by atoms with E-state index in [1.807, 2.05) is 0 Å². The zero-order valence-corrected chi connectivity index (χ0v) is 10.2. The third-order valence-corrected chi connectivity index (χ3v) is 2.28. The molecule has 0 aromatic carbocycles. The second kappa shape index (κ2) is 5.55. The van der Waals surface area contributed by atoms with E-state index in [2.05, 4.69) is 37.2 Å². The Bertz CT molecular complexity index is 108. The Morgan fingerprint density at radius 2 is 1.91 bits per heavy atom. The Hall–Kier alpha value is 0.920. The third kappa shape index (κ3) is 3.43. The number of nitrogens with zero attached hydrogens (tertiary/aromatic N) is 2. The number of likely N-dealkylation sites (N-methyl/N-ethyl adjacent to an activating group) is 2. The largest absolute Gasteiger partial charge is 1.00 e. The van der Waals surface area contributed by atoms with E-state index in [1.165, 1.54) is 19.6 Å². The van der Waals surface area contributed by atoms with E-state index < -0.39 is 0 Å². The molecule has 1 saturated heterocycles. The van der Waals surface area contributed by atoms with Crippen LogP contribution in [0.25, 0.3) is 0 Å². The van der Waals surface area contributed by atoms with Gasteiger partial charge in [0.05, 0.1) is 0 Å². The monoisotopic (exact) mass is 164 g/mol. The number of hydrogen-bond donors (Lipinski definition) is 0. The minimum Gasteiger partial charge on any atom is -0.330 e. The molecule has 11 heavy (non-hydrogen) atoms. The van der Waals surface area contributed by atoms with Crippen LogP contribution in [0.5, 0.6) is 0 Å². The Labute approximate surface area is 92.2 Å². The summed E-state index contributed by atoms with van der Waals surface area (Å²) in [4.78, 5) is 4.78. The van der Waals surface area contributed by atoms with Gasteiger partial charge < -0.3 is 16.2 Å². The Kier molecular flexibility index (Phi) is 6.01. The van der Waals surface area contributed by atoms with Crippen LogP contribution < -0.4 is 29.6 Å². The van der Waals surface area contributed by atoms with Crippen molar-refractivity contribution in [2.24, 2.45) is 0 Å². The molecular formula is C8H17N2Na. The minimum atomic E-state index is 0. The van der Waals surface area contributed by atoms with Gasteiger partial charge in [0.1, 0.15) is 0 Å². The maximum absolute atomic E-state index is 2.40. The van der Waals surface area contributed by atoms with Crippen LogP contribution in [0.4, 0.5) is 0 Å². The van der Waals surface area contributed by atoms with Crippen molar-refractivity contribution in [2.75, 3.05) is 33.7 Å². The quantitative estimate of drug-likeness (QED) is 0.311. The molecule has 3 heteroatoms. The summed E-state index contributed by atoms with van der Waals surface area (Å²) in [5.41, 5.74) is 0. The molecule has 0 saturated carbocycles. The van der Waals surface area contributed by atoms with Crippen LogP contribution in [0, 0.1) is 6.42 Å². The summed E-state index contributed by atoms with van der Waals surface area (Å²) < 4.78 is 0. The zero-order chi connectivity index (χ0) is 7.56. The standard InChI is InChI=1S/C8H17N2.Na/c1-4-8-7-9(2)5-6-10(8)3;/h4,8H,5-7H2,1-3H3;/q-1;+1. The van der Waals surface area contributed by atoms with Crippen molar-refractivity contribution in [3.63, 3.8) is 0 Å². The molecule has 1 fully saturated rings. The predicted octanol–water partition coefficient (Wildman–Crippen LogP) is -2.54. The fraction of sp³-hybridized carbons (Fsp3) is 0.875. The Morgan fingerprint density at radius 3 is 2.36 bits per heavy atom. The summed E-state index contributed by atoms with van der Waals surface area (Å²) in [7, 11) is 4.38. The summed E-state index contributed by atoms with van der Waals surface area (Å²) >= 11 is 0. The number of piperazine rings is 1. The zero-order valence-electron chi connectivity index (χ0n) is 8.17. The number of rotatable bonds is 1. The number of hydrogen-bond acceptors (Lipinski definition) is 2. The van der Waals surface area contributed by atoms with Gasteiger partial charge in [-0.25, -0.2) is 0 Å². The summed E-state index contributed by atoms with van der Waals surface area (Å²) in [5.74, 6) is 0. The maximum Gasteiger partial charge on any atom is 1.00 e. The van der Waals surface area contributed by atoms with Gasteiger partial charge in [0, 0.05) is 13.1 Å². The SMILES string of the molecule is C[CH-]C1CN(C)CCN1C.[Na+]. The molecule has 60 valence electrons. The van der Waals surface area contributed by atoms with E-state index in [0.29, 0.717) is 6.04 Å². The molecule has 0 radical (unpaired) electrons. The molecule has 1 rings (SSSR count). The van der Waals surface area contributed by atoms with Gasteiger partial charge in [0.15, 0.2) is 0 Å². The molecule has 0 aromatic rings. The molecule has 0 spiro atoms. The summed E-state index contributed by atoms with van der Waals surface area (Å²) in [6.45, 7) is 5.74. The van der Waals surface area contributed by atoms with Gasteiger partial charge >= 0.3 is 29.6 Å². The van der Waals surface area contributed by atoms with Gasteiger partial charge in [-0.1, -0.05) is 0 Å². The van der Waals surface area contributed by atoms with Crippen molar-refractivity contribution >= 4 is 0 Å². The summed E-state index contributed by atoms with van der Waals surface area (Å²) in [6, 6.07) is 0.666. The van der Waals surface area contributed by atoms with Gasteiger partial charge in [-0.05, 0) is 20.6 Å². The summed E-state index contributed by atoms with van der Waals surface area (Å²) in [5, 5.41) is 0. The van der Waals surface area contributed by atoms with Crippen molar-refractivity contribution in [3.8, 4) is 0 Å². The van der Waals surface area contributed by atoms with Crippen LogP contribution in [0.15, 0.2) is 0 Å². The topological polar surface area (TPSA) is 6.48 Å². The maximum atomic E-state index is 2.40. The molecule has 1 unspecified atom stereocenters. The molecule has 1 heterocycles. The second-order valence-corrected chi connectivity index (χ2v) is 3.14. The van der Waals surface area contributed by atoms with Crippen molar-refractivity contribution in [3.05, 3.63) is 6.42 Å². The molecule has 0 amide bonds. The van der Waals surface area contributed by atoms with Crippen LogP contribution in [0.1, 0.15) is 6.92 Å². The molecule has 0 N–H and O–H groups in total. The van der Waals surface area contributed by atoms with E-state index in [9.17, 15) is 0 Å². The first kappa shape index (κ1) is 11.9. The fourth-order valence-corrected chi connectivity index (χ4v) is 1.40. The first-order chi connectivity index (χ1) is 4.74. The third-order valence-electron chi connectivity index (χ3n) is 2.28. The van der Waals surface area contributed by atoms with Crippen LogP contribution in [0.2, 0.25) is 0 Å². The molecule has 0 aliphatic carbocycles. The normalized spacial score (nSPS) is 28.1. The molecule has 0 aromatic heterocycles. The van der Waals surface area contributed by atoms with Crippen molar-refractivity contribution in [1.29, 1.82) is 0 Å².